The fourth-order valence-corrected chi connectivity index (χ4v) is 3.23. The molecule has 2 saturated heterocycles. The Labute approximate surface area is 136 Å². The number of fused-ring (bicyclic) bond motifs is 1. The van der Waals surface area contributed by atoms with Crippen LogP contribution in [0.1, 0.15) is 6.42 Å². The quantitative estimate of drug-likeness (QED) is 0.871. The van der Waals surface area contributed by atoms with Gasteiger partial charge in [0.2, 0.25) is 0 Å². The molecule has 1 amide bonds. The minimum atomic E-state index is -1.01. The lowest BCUT2D eigenvalue weighted by Crippen LogP contribution is -2.63. The Balaban J connectivity index is 1.67. The highest BCUT2D eigenvalue weighted by atomic mass is 79.9. The van der Waals surface area contributed by atoms with Crippen molar-refractivity contribution in [2.45, 2.75) is 18.6 Å². The summed E-state index contributed by atoms with van der Waals surface area (Å²) in [5.41, 5.74) is 1.11. The fraction of sp³-hybridized carbons (Fsp3) is 0.467. The van der Waals surface area contributed by atoms with Crippen molar-refractivity contribution in [2.75, 3.05) is 31.1 Å². The number of aliphatic carboxylic acids is 1. The number of piperazine rings is 1. The zero-order chi connectivity index (χ0) is 15.7. The molecular weight excluding hydrogens is 352 g/mol. The Morgan fingerprint density at radius 1 is 1.32 bits per heavy atom. The number of carboxylic acid groups (broad SMARTS) is 1. The van der Waals surface area contributed by atoms with Gasteiger partial charge in [0.05, 0.1) is 19.1 Å². The highest BCUT2D eigenvalue weighted by Gasteiger charge is 2.40. The van der Waals surface area contributed by atoms with E-state index in [1.807, 2.05) is 24.3 Å². The number of benzene rings is 1. The van der Waals surface area contributed by atoms with Crippen molar-refractivity contribution in [3.63, 3.8) is 0 Å². The van der Waals surface area contributed by atoms with Crippen LogP contribution >= 0.6 is 15.9 Å². The predicted molar refractivity (Wildman–Crippen MR) is 83.8 cm³/mol. The number of carbonyl (C=O) groups excluding carboxylic acids is 1. The van der Waals surface area contributed by atoms with Crippen molar-refractivity contribution >= 4 is 33.5 Å². The second-order valence-corrected chi connectivity index (χ2v) is 6.44. The van der Waals surface area contributed by atoms with Crippen LogP contribution < -0.4 is 4.90 Å². The first-order valence-electron chi connectivity index (χ1n) is 7.19. The molecule has 0 saturated carbocycles. The molecule has 2 aliphatic rings. The molecule has 2 atom stereocenters. The second kappa shape index (κ2) is 6.26. The number of rotatable bonds is 3. The van der Waals surface area contributed by atoms with Crippen LogP contribution in [0.4, 0.5) is 5.69 Å². The molecule has 3 rings (SSSR count). The highest BCUT2D eigenvalue weighted by Crippen LogP contribution is 2.25. The van der Waals surface area contributed by atoms with E-state index in [1.54, 1.807) is 4.90 Å². The van der Waals surface area contributed by atoms with E-state index in [0.29, 0.717) is 19.7 Å². The molecule has 0 aromatic heterocycles. The van der Waals surface area contributed by atoms with Crippen molar-refractivity contribution in [3.8, 4) is 0 Å². The molecule has 6 nitrogen and oxygen atoms in total. The van der Waals surface area contributed by atoms with E-state index in [1.165, 1.54) is 0 Å². The summed E-state index contributed by atoms with van der Waals surface area (Å²) in [5.74, 6) is -1.21. The lowest BCUT2D eigenvalue weighted by Gasteiger charge is -2.46. The summed E-state index contributed by atoms with van der Waals surface area (Å²) < 4.78 is 6.50. The molecule has 0 bridgehead atoms. The van der Waals surface area contributed by atoms with Crippen LogP contribution in [-0.4, -0.2) is 60.3 Å². The Bertz CT molecular complexity index is 577. The zero-order valence-electron chi connectivity index (χ0n) is 11.9. The molecule has 0 spiro atoms. The first kappa shape index (κ1) is 15.3. The Kier molecular flexibility index (Phi) is 4.35. The molecular formula is C15H17BrN2O4. The van der Waals surface area contributed by atoms with Gasteiger partial charge in [-0.15, -0.1) is 0 Å². The number of nitrogens with zero attached hydrogens (tertiary/aromatic N) is 2. The van der Waals surface area contributed by atoms with Crippen molar-refractivity contribution in [2.24, 2.45) is 0 Å². The third-order valence-corrected chi connectivity index (χ3v) is 4.61. The standard InChI is InChI=1S/C15H17BrN2O4/c16-10-1-3-11(4-2-10)17-5-6-18-12(8-17)9-22-13(15(18)21)7-14(19)20/h1-4,12-13H,5-9H2,(H,19,20)/t12-,13?/m1/s1. The maximum atomic E-state index is 12.3. The van der Waals surface area contributed by atoms with Gasteiger partial charge >= 0.3 is 5.97 Å². The molecule has 2 fully saturated rings. The van der Waals surface area contributed by atoms with Crippen LogP contribution in [0, 0.1) is 0 Å². The number of carboxylic acids is 1. The van der Waals surface area contributed by atoms with E-state index >= 15 is 0 Å². The first-order chi connectivity index (χ1) is 10.5. The first-order valence-corrected chi connectivity index (χ1v) is 7.98. The Morgan fingerprint density at radius 2 is 2.05 bits per heavy atom. The largest absolute Gasteiger partial charge is 0.481 e. The van der Waals surface area contributed by atoms with Gasteiger partial charge in [0.25, 0.3) is 5.91 Å². The van der Waals surface area contributed by atoms with Crippen LogP contribution in [0.2, 0.25) is 0 Å². The Hall–Kier alpha value is -1.60. The second-order valence-electron chi connectivity index (χ2n) is 5.53. The minimum Gasteiger partial charge on any atom is -0.481 e. The Morgan fingerprint density at radius 3 is 2.73 bits per heavy atom. The van der Waals surface area contributed by atoms with E-state index < -0.39 is 12.1 Å². The number of anilines is 1. The van der Waals surface area contributed by atoms with Gasteiger partial charge in [-0.25, -0.2) is 0 Å². The number of hydrogen-bond acceptors (Lipinski definition) is 4. The number of morpholine rings is 1. The molecule has 7 heteroatoms. The van der Waals surface area contributed by atoms with Crippen molar-refractivity contribution in [1.82, 2.24) is 4.90 Å². The van der Waals surface area contributed by atoms with Gasteiger partial charge in [0.15, 0.2) is 0 Å². The maximum absolute atomic E-state index is 12.3. The van der Waals surface area contributed by atoms with Crippen LogP contribution in [0.15, 0.2) is 28.7 Å². The molecule has 0 radical (unpaired) electrons. The summed E-state index contributed by atoms with van der Waals surface area (Å²) in [6, 6.07) is 8.05. The van der Waals surface area contributed by atoms with Gasteiger partial charge in [0.1, 0.15) is 6.10 Å². The van der Waals surface area contributed by atoms with E-state index in [-0.39, 0.29) is 18.4 Å². The highest BCUT2D eigenvalue weighted by molar-refractivity contribution is 9.10. The summed E-state index contributed by atoms with van der Waals surface area (Å²) in [7, 11) is 0. The van der Waals surface area contributed by atoms with Crippen molar-refractivity contribution in [3.05, 3.63) is 28.7 Å². The maximum Gasteiger partial charge on any atom is 0.306 e. The third-order valence-electron chi connectivity index (χ3n) is 4.08. The number of carbonyl (C=O) groups is 2. The van der Waals surface area contributed by atoms with Crippen LogP contribution in [0.5, 0.6) is 0 Å². The number of halogens is 1. The summed E-state index contributed by atoms with van der Waals surface area (Å²) >= 11 is 3.42. The molecule has 2 heterocycles. The molecule has 1 aromatic carbocycles. The summed E-state index contributed by atoms with van der Waals surface area (Å²) in [6.45, 7) is 2.42. The van der Waals surface area contributed by atoms with Gasteiger partial charge in [-0.3, -0.25) is 9.59 Å². The topological polar surface area (TPSA) is 70.1 Å². The van der Waals surface area contributed by atoms with Crippen LogP contribution in [-0.2, 0) is 14.3 Å². The average molecular weight is 369 g/mol. The van der Waals surface area contributed by atoms with Crippen molar-refractivity contribution < 1.29 is 19.4 Å². The van der Waals surface area contributed by atoms with Gasteiger partial charge in [-0.05, 0) is 24.3 Å². The van der Waals surface area contributed by atoms with E-state index in [2.05, 4.69) is 20.8 Å². The average Bonchev–Trinajstić information content (AvgIpc) is 2.50. The van der Waals surface area contributed by atoms with Crippen LogP contribution in [0.25, 0.3) is 0 Å². The van der Waals surface area contributed by atoms with Crippen molar-refractivity contribution in [1.29, 1.82) is 0 Å². The molecule has 2 aliphatic heterocycles. The molecule has 118 valence electrons. The number of amides is 1. The van der Waals surface area contributed by atoms with Crippen LogP contribution in [0.3, 0.4) is 0 Å². The van der Waals surface area contributed by atoms with E-state index in [4.69, 9.17) is 9.84 Å². The van der Waals surface area contributed by atoms with Gasteiger partial charge in [-0.1, -0.05) is 15.9 Å². The zero-order valence-corrected chi connectivity index (χ0v) is 13.5. The van der Waals surface area contributed by atoms with E-state index in [0.717, 1.165) is 16.7 Å². The van der Waals surface area contributed by atoms with Gasteiger partial charge in [0, 0.05) is 29.8 Å². The fourth-order valence-electron chi connectivity index (χ4n) is 2.96. The van der Waals surface area contributed by atoms with Gasteiger partial charge < -0.3 is 19.6 Å². The molecule has 0 aliphatic carbocycles. The summed E-state index contributed by atoms with van der Waals surface area (Å²) in [4.78, 5) is 27.1. The summed E-state index contributed by atoms with van der Waals surface area (Å²) in [6.07, 6.45) is -1.11. The molecule has 1 N–H and O–H groups in total. The molecule has 22 heavy (non-hydrogen) atoms. The smallest absolute Gasteiger partial charge is 0.306 e. The van der Waals surface area contributed by atoms with Gasteiger partial charge in [-0.2, -0.15) is 0 Å². The summed E-state index contributed by atoms with van der Waals surface area (Å²) in [5, 5.41) is 8.83. The normalized spacial score (nSPS) is 25.0. The monoisotopic (exact) mass is 368 g/mol. The van der Waals surface area contributed by atoms with E-state index in [9.17, 15) is 9.59 Å². The third kappa shape index (κ3) is 3.10. The lowest BCUT2D eigenvalue weighted by molar-refractivity contribution is -0.165. The number of hydrogen-bond donors (Lipinski definition) is 1. The number of ether oxygens (including phenoxy) is 1. The molecule has 1 aromatic rings. The molecule has 1 unspecified atom stereocenters. The lowest BCUT2D eigenvalue weighted by atomic mass is 10.1. The SMILES string of the molecule is O=C(O)CC1OC[C@H]2CN(c3ccc(Br)cc3)CCN2C1=O. The predicted octanol–water partition coefficient (Wildman–Crippen LogP) is 1.34. The minimum absolute atomic E-state index is 0.0186.